The van der Waals surface area contributed by atoms with E-state index >= 15 is 0 Å². The van der Waals surface area contributed by atoms with Crippen LogP contribution in [0.4, 0.5) is 5.82 Å². The monoisotopic (exact) mass is 222 g/mol. The van der Waals surface area contributed by atoms with Gasteiger partial charge in [-0.3, -0.25) is 0 Å². The third kappa shape index (κ3) is 3.45. The molecule has 0 bridgehead atoms. The molecule has 0 aliphatic rings. The highest BCUT2D eigenvalue weighted by Gasteiger charge is 2.18. The molecule has 4 heteroatoms. The number of hydrogen-bond acceptors (Lipinski definition) is 4. The number of nitrogens with zero attached hydrogens (tertiary/aromatic N) is 3. The van der Waals surface area contributed by atoms with Crippen molar-refractivity contribution in [1.29, 1.82) is 0 Å². The van der Waals surface area contributed by atoms with Crippen LogP contribution in [-0.2, 0) is 6.42 Å². The minimum Gasteiger partial charge on any atom is -0.355 e. The highest BCUT2D eigenvalue weighted by Crippen LogP contribution is 2.18. The lowest BCUT2D eigenvalue weighted by Crippen LogP contribution is -2.38. The van der Waals surface area contributed by atoms with Gasteiger partial charge in [-0.05, 0) is 33.9 Å². The largest absolute Gasteiger partial charge is 0.355 e. The zero-order valence-electron chi connectivity index (χ0n) is 10.9. The van der Waals surface area contributed by atoms with Crippen molar-refractivity contribution in [2.24, 2.45) is 0 Å². The molecule has 90 valence electrons. The molecule has 16 heavy (non-hydrogen) atoms. The van der Waals surface area contributed by atoms with E-state index in [1.54, 1.807) is 0 Å². The molecule has 0 atom stereocenters. The van der Waals surface area contributed by atoms with E-state index in [2.05, 4.69) is 48.0 Å². The second-order valence-electron chi connectivity index (χ2n) is 4.91. The van der Waals surface area contributed by atoms with Crippen molar-refractivity contribution in [3.63, 3.8) is 0 Å². The molecule has 0 aliphatic carbocycles. The average Bonchev–Trinajstić information content (AvgIpc) is 2.24. The smallest absolute Gasteiger partial charge is 0.132 e. The quantitative estimate of drug-likeness (QED) is 0.837. The zero-order valence-corrected chi connectivity index (χ0v) is 10.9. The number of hydrogen-bond donors (Lipinski definition) is 1. The summed E-state index contributed by atoms with van der Waals surface area (Å²) in [5, 5.41) is 3.10. The Balaban J connectivity index is 2.81. The predicted molar refractivity (Wildman–Crippen MR) is 67.8 cm³/mol. The van der Waals surface area contributed by atoms with E-state index in [-0.39, 0.29) is 5.54 Å². The first kappa shape index (κ1) is 12.9. The maximum absolute atomic E-state index is 4.55. The van der Waals surface area contributed by atoms with Gasteiger partial charge in [0.1, 0.15) is 11.6 Å². The fourth-order valence-electron chi connectivity index (χ4n) is 1.28. The molecule has 0 aromatic carbocycles. The molecule has 0 saturated heterocycles. The third-order valence-corrected chi connectivity index (χ3v) is 2.64. The van der Waals surface area contributed by atoms with Crippen molar-refractivity contribution in [2.75, 3.05) is 25.5 Å². The number of likely N-dealkylation sites (N-methyl/N-ethyl adjacent to an activating group) is 1. The molecule has 1 aromatic heterocycles. The van der Waals surface area contributed by atoms with Crippen LogP contribution in [0.5, 0.6) is 0 Å². The molecule has 0 fully saturated rings. The fourth-order valence-corrected chi connectivity index (χ4v) is 1.28. The Hall–Kier alpha value is -1.16. The Morgan fingerprint density at radius 3 is 2.62 bits per heavy atom. The summed E-state index contributed by atoms with van der Waals surface area (Å²) in [6.07, 6.45) is 2.69. The van der Waals surface area contributed by atoms with Crippen LogP contribution in [0.25, 0.3) is 0 Å². The lowest BCUT2D eigenvalue weighted by atomic mass is 10.1. The van der Waals surface area contributed by atoms with Gasteiger partial charge >= 0.3 is 0 Å². The molecular weight excluding hydrogens is 200 g/mol. The lowest BCUT2D eigenvalue weighted by Gasteiger charge is -2.33. The van der Waals surface area contributed by atoms with Gasteiger partial charge in [-0.1, -0.05) is 0 Å². The van der Waals surface area contributed by atoms with E-state index in [0.717, 1.165) is 24.6 Å². The van der Waals surface area contributed by atoms with E-state index in [4.69, 9.17) is 0 Å². The SMILES string of the molecule is CNCCc1nccc(N(C)C(C)(C)C)n1. The van der Waals surface area contributed by atoms with E-state index in [9.17, 15) is 0 Å². The summed E-state index contributed by atoms with van der Waals surface area (Å²) in [6, 6.07) is 1.95. The third-order valence-electron chi connectivity index (χ3n) is 2.64. The van der Waals surface area contributed by atoms with Crippen LogP contribution in [-0.4, -0.2) is 36.1 Å². The molecule has 4 nitrogen and oxygen atoms in total. The predicted octanol–water partition coefficient (Wildman–Crippen LogP) is 1.47. The minimum absolute atomic E-state index is 0.0780. The van der Waals surface area contributed by atoms with Crippen molar-refractivity contribution in [3.8, 4) is 0 Å². The van der Waals surface area contributed by atoms with Crippen LogP contribution in [0.3, 0.4) is 0 Å². The molecule has 0 spiro atoms. The van der Waals surface area contributed by atoms with E-state index in [0.29, 0.717) is 0 Å². The molecular formula is C12H22N4. The minimum atomic E-state index is 0.0780. The number of aromatic nitrogens is 2. The molecule has 0 aliphatic heterocycles. The Bertz CT molecular complexity index is 330. The maximum Gasteiger partial charge on any atom is 0.132 e. The second kappa shape index (κ2) is 5.25. The first-order valence-corrected chi connectivity index (χ1v) is 5.65. The molecule has 0 unspecified atom stereocenters. The standard InChI is InChI=1S/C12H22N4/c1-12(2,3)16(5)11-7-9-14-10(15-11)6-8-13-4/h7,9,13H,6,8H2,1-5H3. The van der Waals surface area contributed by atoms with E-state index < -0.39 is 0 Å². The van der Waals surface area contributed by atoms with Gasteiger partial charge in [0.15, 0.2) is 0 Å². The summed E-state index contributed by atoms with van der Waals surface area (Å²) < 4.78 is 0. The van der Waals surface area contributed by atoms with Crippen LogP contribution in [0.2, 0.25) is 0 Å². The summed E-state index contributed by atoms with van der Waals surface area (Å²) >= 11 is 0. The highest BCUT2D eigenvalue weighted by atomic mass is 15.2. The summed E-state index contributed by atoms with van der Waals surface area (Å²) in [5.74, 6) is 1.87. The summed E-state index contributed by atoms with van der Waals surface area (Å²) in [4.78, 5) is 11.0. The summed E-state index contributed by atoms with van der Waals surface area (Å²) in [6.45, 7) is 7.41. The Labute approximate surface area is 98.1 Å². The molecule has 1 N–H and O–H groups in total. The van der Waals surface area contributed by atoms with Crippen molar-refractivity contribution >= 4 is 5.82 Å². The average molecular weight is 222 g/mol. The van der Waals surface area contributed by atoms with Crippen molar-refractivity contribution in [2.45, 2.75) is 32.7 Å². The molecule has 1 heterocycles. The zero-order chi connectivity index (χ0) is 12.2. The molecule has 0 amide bonds. The van der Waals surface area contributed by atoms with Crippen LogP contribution in [0, 0.1) is 0 Å². The molecule has 1 aromatic rings. The highest BCUT2D eigenvalue weighted by molar-refractivity contribution is 5.39. The maximum atomic E-state index is 4.55. The van der Waals surface area contributed by atoms with Gasteiger partial charge in [0, 0.05) is 31.7 Å². The second-order valence-corrected chi connectivity index (χ2v) is 4.91. The van der Waals surface area contributed by atoms with Gasteiger partial charge in [0.25, 0.3) is 0 Å². The van der Waals surface area contributed by atoms with Crippen molar-refractivity contribution < 1.29 is 0 Å². The van der Waals surface area contributed by atoms with Gasteiger partial charge in [0.05, 0.1) is 0 Å². The molecule has 1 rings (SSSR count). The van der Waals surface area contributed by atoms with E-state index in [1.807, 2.05) is 19.3 Å². The van der Waals surface area contributed by atoms with Gasteiger partial charge in [-0.2, -0.15) is 0 Å². The summed E-state index contributed by atoms with van der Waals surface area (Å²) in [5.41, 5.74) is 0.0780. The fraction of sp³-hybridized carbons (Fsp3) is 0.667. The van der Waals surface area contributed by atoms with Crippen molar-refractivity contribution in [3.05, 3.63) is 18.1 Å². The lowest BCUT2D eigenvalue weighted by molar-refractivity contribution is 0.532. The van der Waals surface area contributed by atoms with Crippen LogP contribution in [0.1, 0.15) is 26.6 Å². The first-order valence-electron chi connectivity index (χ1n) is 5.65. The molecule has 0 radical (unpaired) electrons. The number of rotatable bonds is 4. The Morgan fingerprint density at radius 1 is 1.38 bits per heavy atom. The Morgan fingerprint density at radius 2 is 2.06 bits per heavy atom. The Kier molecular flexibility index (Phi) is 4.24. The first-order chi connectivity index (χ1) is 7.45. The number of nitrogens with one attached hydrogen (secondary N) is 1. The van der Waals surface area contributed by atoms with Gasteiger partial charge in [-0.15, -0.1) is 0 Å². The van der Waals surface area contributed by atoms with Gasteiger partial charge in [0.2, 0.25) is 0 Å². The van der Waals surface area contributed by atoms with E-state index in [1.165, 1.54) is 0 Å². The van der Waals surface area contributed by atoms with Gasteiger partial charge < -0.3 is 10.2 Å². The van der Waals surface area contributed by atoms with Crippen LogP contribution in [0.15, 0.2) is 12.3 Å². The van der Waals surface area contributed by atoms with Gasteiger partial charge in [-0.25, -0.2) is 9.97 Å². The normalized spacial score (nSPS) is 11.6. The van der Waals surface area contributed by atoms with Crippen LogP contribution >= 0.6 is 0 Å². The topological polar surface area (TPSA) is 41.1 Å². The summed E-state index contributed by atoms with van der Waals surface area (Å²) in [7, 11) is 4.00. The van der Waals surface area contributed by atoms with Crippen molar-refractivity contribution in [1.82, 2.24) is 15.3 Å². The molecule has 0 saturated carbocycles. The van der Waals surface area contributed by atoms with Crippen LogP contribution < -0.4 is 10.2 Å². The number of anilines is 1.